The predicted molar refractivity (Wildman–Crippen MR) is 335 cm³/mol. The summed E-state index contributed by atoms with van der Waals surface area (Å²) in [6.07, 6.45) is 10.0. The fourth-order valence-corrected chi connectivity index (χ4v) is 11.8. The van der Waals surface area contributed by atoms with Crippen LogP contribution in [0.2, 0.25) is 20.1 Å². The number of H-pyrrole nitrogens is 1. The number of fused-ring (bicyclic) bond motifs is 2. The van der Waals surface area contributed by atoms with Gasteiger partial charge in [-0.05, 0) is 115 Å². The van der Waals surface area contributed by atoms with E-state index >= 15 is 8.78 Å². The lowest BCUT2D eigenvalue weighted by Gasteiger charge is -2.35. The van der Waals surface area contributed by atoms with E-state index in [0.29, 0.717) is 139 Å². The molecule has 4 aromatic carbocycles. The van der Waals surface area contributed by atoms with Crippen LogP contribution in [-0.4, -0.2) is 127 Å². The molecule has 3 amide bonds. The average Bonchev–Trinajstić information content (AvgIpc) is 2.28. The molecule has 8 aromatic rings. The summed E-state index contributed by atoms with van der Waals surface area (Å²) in [4.78, 5) is 51.4. The van der Waals surface area contributed by atoms with Crippen molar-refractivity contribution in [2.75, 3.05) is 59.0 Å². The van der Waals surface area contributed by atoms with E-state index in [0.717, 1.165) is 37.9 Å². The smallest absolute Gasteiger partial charge is 0.410 e. The molecule has 3 fully saturated rings. The van der Waals surface area contributed by atoms with E-state index in [1.807, 2.05) is 57.5 Å². The molecule has 0 bridgehead atoms. The molecule has 7 heterocycles. The van der Waals surface area contributed by atoms with Crippen molar-refractivity contribution >= 4 is 110 Å². The Hall–Kier alpha value is -7.65. The maximum atomic E-state index is 15.9. The van der Waals surface area contributed by atoms with Crippen molar-refractivity contribution in [3.8, 4) is 11.5 Å². The molecule has 4 aromatic heterocycles. The average molecular weight is 1270 g/mol. The summed E-state index contributed by atoms with van der Waals surface area (Å²) in [5, 5.41) is 18.2. The van der Waals surface area contributed by atoms with E-state index in [2.05, 4.69) is 25.5 Å². The Kier molecular flexibility index (Phi) is 19.8. The lowest BCUT2D eigenvalue weighted by atomic mass is 10.1. The van der Waals surface area contributed by atoms with Crippen molar-refractivity contribution < 1.29 is 42.1 Å². The molecule has 454 valence electrons. The molecule has 2 N–H and O–H groups in total. The number of piperazine rings is 2. The van der Waals surface area contributed by atoms with Gasteiger partial charge in [0.2, 0.25) is 0 Å². The van der Waals surface area contributed by atoms with Crippen LogP contribution in [0.1, 0.15) is 127 Å². The number of hydrogen-bond acceptors (Lipinski definition) is 12. The minimum atomic E-state index is -0.590. The van der Waals surface area contributed by atoms with Crippen LogP contribution in [0.4, 0.5) is 13.6 Å². The van der Waals surface area contributed by atoms with Crippen LogP contribution in [0.5, 0.6) is 11.5 Å². The monoisotopic (exact) mass is 1260 g/mol. The van der Waals surface area contributed by atoms with Crippen molar-refractivity contribution in [2.45, 2.75) is 77.9 Å². The number of amides is 3. The zero-order valence-electron chi connectivity index (χ0n) is 48.5. The van der Waals surface area contributed by atoms with Crippen LogP contribution in [0.25, 0.3) is 45.6 Å². The van der Waals surface area contributed by atoms with Gasteiger partial charge >= 0.3 is 6.09 Å². The van der Waals surface area contributed by atoms with Gasteiger partial charge in [0.05, 0.1) is 42.5 Å². The Morgan fingerprint density at radius 2 is 1.14 bits per heavy atom. The number of hydrogen-bond donors (Lipinski definition) is 2. The molecular weight excluding hydrogens is 1200 g/mol. The fraction of sp³-hybridized carbons (Fsp3) is 0.328. The number of halogens is 6. The number of nitrogens with one attached hydrogen (secondary N) is 2. The molecule has 3 aliphatic rings. The van der Waals surface area contributed by atoms with Gasteiger partial charge in [0.1, 0.15) is 41.0 Å². The number of nitrogens with zero attached hydrogens (tertiary/aromatic N) is 8. The highest BCUT2D eigenvalue weighted by Gasteiger charge is 2.29. The molecule has 3 atom stereocenters. The standard InChI is InChI=1S/C37H40Cl2FN5O5.C27H24Cl2FN5O2/c1-23(34-28(38)21-41-22-29(34)39)49-26-12-13-32-27(19-26)31(42-45(32)33-7-5-6-18-48-33)20-30(40)24-8-10-25(11-9-24)35(46)43-14-16-44(17-15-43)36(47)50-37(2,3)4;1-16(26-21(28)14-32-15-22(26)29)37-19-6-7-24-20(12-19)25(34-33-24)13-23(30)17-2-4-18(5-3-17)27(36)35-10-8-31-9-11-35/h8-13,19-23,33H,5-7,14-18H2,1-4H3;2-7,12-16,31H,8-11H2,1H3,(H,33,34)/b30-20-;23-13-/t23-,33?;16-/m11/s1. The fourth-order valence-electron chi connectivity index (χ4n) is 10.4. The Bertz CT molecular complexity index is 3810. The van der Waals surface area contributed by atoms with Gasteiger partial charge in [-0.1, -0.05) is 70.7 Å². The molecule has 0 radical (unpaired) electrons. The molecule has 11 rings (SSSR count). The van der Waals surface area contributed by atoms with Gasteiger partial charge in [0.25, 0.3) is 11.8 Å². The summed E-state index contributed by atoms with van der Waals surface area (Å²) in [6.45, 7) is 14.1. The van der Waals surface area contributed by atoms with E-state index in [9.17, 15) is 14.4 Å². The van der Waals surface area contributed by atoms with Crippen molar-refractivity contribution in [3.05, 3.63) is 175 Å². The van der Waals surface area contributed by atoms with Crippen LogP contribution in [-0.2, 0) is 9.47 Å². The van der Waals surface area contributed by atoms with Crippen LogP contribution in [0.3, 0.4) is 0 Å². The first-order valence-corrected chi connectivity index (χ1v) is 30.0. The van der Waals surface area contributed by atoms with Crippen molar-refractivity contribution in [3.63, 3.8) is 0 Å². The zero-order chi connectivity index (χ0) is 61.5. The number of benzene rings is 4. The van der Waals surface area contributed by atoms with Crippen LogP contribution >= 0.6 is 46.4 Å². The molecule has 0 aliphatic carbocycles. The lowest BCUT2D eigenvalue weighted by molar-refractivity contribution is -0.0367. The van der Waals surface area contributed by atoms with E-state index < -0.39 is 35.6 Å². The molecule has 1 unspecified atom stereocenters. The molecule has 17 nitrogen and oxygen atoms in total. The molecule has 23 heteroatoms. The first kappa shape index (κ1) is 62.4. The summed E-state index contributed by atoms with van der Waals surface area (Å²) < 4.78 is 56.7. The Morgan fingerprint density at radius 3 is 1.67 bits per heavy atom. The molecule has 3 saturated heterocycles. The number of aromatic amines is 1. The summed E-state index contributed by atoms with van der Waals surface area (Å²) in [6, 6.07) is 23.8. The van der Waals surface area contributed by atoms with Crippen LogP contribution < -0.4 is 14.8 Å². The summed E-state index contributed by atoms with van der Waals surface area (Å²) in [5.41, 5.74) is 4.64. The summed E-state index contributed by atoms with van der Waals surface area (Å²) in [7, 11) is 0. The van der Waals surface area contributed by atoms with Gasteiger partial charge in [-0.25, -0.2) is 18.3 Å². The minimum absolute atomic E-state index is 0.0481. The molecule has 3 aliphatic heterocycles. The van der Waals surface area contributed by atoms with Gasteiger partial charge in [-0.3, -0.25) is 24.7 Å². The maximum absolute atomic E-state index is 15.9. The number of ether oxygens (including phenoxy) is 4. The van der Waals surface area contributed by atoms with Crippen molar-refractivity contribution in [1.82, 2.24) is 50.0 Å². The minimum Gasteiger partial charge on any atom is -0.486 e. The van der Waals surface area contributed by atoms with Crippen molar-refractivity contribution in [2.24, 2.45) is 0 Å². The highest BCUT2D eigenvalue weighted by atomic mass is 35.5. The SMILES string of the molecule is C[C@@H](Oc1ccc2c(c1)c(/C=C(\F)c1ccc(C(=O)N3CCN(C(=O)OC(C)(C)C)CC3)cc1)nn2C1CCCCO1)c1c(Cl)cncc1Cl.C[C@@H](Oc1ccc2n[nH]c(/C=C(\F)c3ccc(C(=O)N4CCNCC4)cc3)c2c1)c1c(Cl)cncc1Cl. The highest BCUT2D eigenvalue weighted by molar-refractivity contribution is 6.36. The molecule has 87 heavy (non-hydrogen) atoms. The first-order valence-electron chi connectivity index (χ1n) is 28.5. The van der Waals surface area contributed by atoms with Crippen LogP contribution in [0, 0.1) is 0 Å². The van der Waals surface area contributed by atoms with Gasteiger partial charge in [-0.2, -0.15) is 10.2 Å². The second-order valence-electron chi connectivity index (χ2n) is 22.1. The Labute approximate surface area is 522 Å². The van der Waals surface area contributed by atoms with Crippen LogP contribution in [0.15, 0.2) is 110 Å². The molecular formula is C64H64Cl4F2N10O7. The highest BCUT2D eigenvalue weighted by Crippen LogP contribution is 2.38. The second-order valence-corrected chi connectivity index (χ2v) is 23.8. The third kappa shape index (κ3) is 15.0. The third-order valence-electron chi connectivity index (χ3n) is 14.9. The third-order valence-corrected chi connectivity index (χ3v) is 16.1. The number of rotatable bonds is 13. The topological polar surface area (TPSA) is 182 Å². The van der Waals surface area contributed by atoms with E-state index in [1.165, 1.54) is 36.9 Å². The van der Waals surface area contributed by atoms with Crippen molar-refractivity contribution in [1.29, 1.82) is 0 Å². The predicted octanol–water partition coefficient (Wildman–Crippen LogP) is 14.7. The molecule has 0 spiro atoms. The van der Waals surface area contributed by atoms with Gasteiger partial charge in [-0.15, -0.1) is 0 Å². The number of carbonyl (C=O) groups is 3. The first-order chi connectivity index (χ1) is 41.8. The normalized spacial score (nSPS) is 16.7. The van der Waals surface area contributed by atoms with E-state index in [-0.39, 0.29) is 18.0 Å². The zero-order valence-corrected chi connectivity index (χ0v) is 51.5. The summed E-state index contributed by atoms with van der Waals surface area (Å²) in [5.74, 6) is -0.117. The van der Waals surface area contributed by atoms with Gasteiger partial charge < -0.3 is 39.0 Å². The van der Waals surface area contributed by atoms with Gasteiger partial charge in [0.15, 0.2) is 6.23 Å². The number of carbonyl (C=O) groups excluding carboxylic acids is 3. The maximum Gasteiger partial charge on any atom is 0.410 e. The quantitative estimate of drug-likeness (QED) is 0.112. The summed E-state index contributed by atoms with van der Waals surface area (Å²) >= 11 is 25.3. The van der Waals surface area contributed by atoms with E-state index in [4.69, 9.17) is 70.4 Å². The second kappa shape index (κ2) is 27.6. The number of aromatic nitrogens is 6. The lowest BCUT2D eigenvalue weighted by Crippen LogP contribution is -2.51. The largest absolute Gasteiger partial charge is 0.486 e. The van der Waals surface area contributed by atoms with Gasteiger partial charge in [0, 0.05) is 140 Å². The van der Waals surface area contributed by atoms with E-state index in [1.54, 1.807) is 81.4 Å². The number of pyridine rings is 2. The molecule has 0 saturated carbocycles. The Balaban J connectivity index is 0.000000201. The Morgan fingerprint density at radius 1 is 0.644 bits per heavy atom.